The molecule has 0 amide bonds. The zero-order valence-electron chi connectivity index (χ0n) is 15.4. The standard InChI is InChI=1S/C23H24O3/c1-16(2)18(5)26-22-12-10-21(11-13-22)20-8-6-19(7-9-20)14-15-25-23(24)17(3)4/h6-13H,1,3,5,14-15H2,2,4H3. The van der Waals surface area contributed by atoms with Crippen LogP contribution in [0.15, 0.2) is 85.2 Å². The molecule has 2 aromatic rings. The Bertz CT molecular complexity index is 812. The number of allylic oxidation sites excluding steroid dienone is 1. The quantitative estimate of drug-likeness (QED) is 0.274. The molecule has 0 aliphatic rings. The molecule has 0 saturated heterocycles. The Kier molecular flexibility index (Phi) is 6.56. The zero-order chi connectivity index (χ0) is 19.1. The van der Waals surface area contributed by atoms with E-state index in [4.69, 9.17) is 9.47 Å². The van der Waals surface area contributed by atoms with E-state index in [-0.39, 0.29) is 5.97 Å². The van der Waals surface area contributed by atoms with Gasteiger partial charge in [0, 0.05) is 12.0 Å². The van der Waals surface area contributed by atoms with Gasteiger partial charge < -0.3 is 9.47 Å². The van der Waals surface area contributed by atoms with Gasteiger partial charge in [0.1, 0.15) is 11.5 Å². The minimum Gasteiger partial charge on any atom is -0.462 e. The maximum Gasteiger partial charge on any atom is 0.333 e. The molecular weight excluding hydrogens is 324 g/mol. The SMILES string of the molecule is C=C(C)C(=C)Oc1ccc(-c2ccc(CCOC(=O)C(=C)C)cc2)cc1. The average Bonchev–Trinajstić information content (AvgIpc) is 2.62. The van der Waals surface area contributed by atoms with Crippen LogP contribution < -0.4 is 4.74 Å². The summed E-state index contributed by atoms with van der Waals surface area (Å²) >= 11 is 0. The molecule has 0 heterocycles. The number of benzene rings is 2. The number of carbonyl (C=O) groups excluding carboxylic acids is 1. The predicted octanol–water partition coefficient (Wildman–Crippen LogP) is 5.48. The van der Waals surface area contributed by atoms with Crippen LogP contribution in [0.2, 0.25) is 0 Å². The molecule has 0 aliphatic carbocycles. The summed E-state index contributed by atoms with van der Waals surface area (Å²) in [4.78, 5) is 11.4. The first-order valence-electron chi connectivity index (χ1n) is 8.41. The van der Waals surface area contributed by atoms with E-state index in [1.54, 1.807) is 6.92 Å². The van der Waals surface area contributed by atoms with Crippen LogP contribution in [0.5, 0.6) is 5.75 Å². The predicted molar refractivity (Wildman–Crippen MR) is 106 cm³/mol. The molecule has 2 aromatic carbocycles. The Balaban J connectivity index is 1.95. The summed E-state index contributed by atoms with van der Waals surface area (Å²) in [6.45, 7) is 15.0. The second kappa shape index (κ2) is 8.86. The number of hydrogen-bond acceptors (Lipinski definition) is 3. The minimum absolute atomic E-state index is 0.349. The molecular formula is C23H24O3. The second-order valence-electron chi connectivity index (χ2n) is 6.19. The summed E-state index contributed by atoms with van der Waals surface area (Å²) < 4.78 is 10.7. The molecule has 0 spiro atoms. The van der Waals surface area contributed by atoms with Crippen molar-refractivity contribution in [2.45, 2.75) is 20.3 Å². The number of carbonyl (C=O) groups is 1. The van der Waals surface area contributed by atoms with Crippen molar-refractivity contribution >= 4 is 5.97 Å². The molecule has 3 heteroatoms. The molecule has 2 rings (SSSR count). The van der Waals surface area contributed by atoms with E-state index in [2.05, 4.69) is 31.9 Å². The Morgan fingerprint density at radius 3 is 1.88 bits per heavy atom. The van der Waals surface area contributed by atoms with Gasteiger partial charge in [-0.15, -0.1) is 0 Å². The van der Waals surface area contributed by atoms with E-state index in [0.717, 1.165) is 28.0 Å². The molecule has 0 unspecified atom stereocenters. The van der Waals surface area contributed by atoms with Crippen molar-refractivity contribution in [2.75, 3.05) is 6.61 Å². The van der Waals surface area contributed by atoms with Gasteiger partial charge in [0.25, 0.3) is 0 Å². The van der Waals surface area contributed by atoms with Gasteiger partial charge in [0.05, 0.1) is 6.61 Å². The normalized spacial score (nSPS) is 10.1. The molecule has 3 nitrogen and oxygen atoms in total. The van der Waals surface area contributed by atoms with Gasteiger partial charge in [-0.1, -0.05) is 56.1 Å². The number of esters is 1. The molecule has 134 valence electrons. The summed E-state index contributed by atoms with van der Waals surface area (Å²) in [5.74, 6) is 0.949. The third-order valence-electron chi connectivity index (χ3n) is 3.83. The van der Waals surface area contributed by atoms with Gasteiger partial charge in [-0.2, -0.15) is 0 Å². The molecule has 0 bridgehead atoms. The first kappa shape index (κ1) is 19.3. The van der Waals surface area contributed by atoms with Crippen molar-refractivity contribution in [2.24, 2.45) is 0 Å². The maximum absolute atomic E-state index is 11.4. The lowest BCUT2D eigenvalue weighted by molar-refractivity contribution is -0.138. The molecule has 0 aliphatic heterocycles. The molecule has 0 fully saturated rings. The first-order chi connectivity index (χ1) is 12.4. The molecule has 0 N–H and O–H groups in total. The highest BCUT2D eigenvalue weighted by atomic mass is 16.5. The lowest BCUT2D eigenvalue weighted by Crippen LogP contribution is -2.07. The van der Waals surface area contributed by atoms with Crippen LogP contribution in [0.1, 0.15) is 19.4 Å². The van der Waals surface area contributed by atoms with Crippen molar-refractivity contribution in [3.8, 4) is 16.9 Å². The topological polar surface area (TPSA) is 35.5 Å². The molecule has 0 aromatic heterocycles. The van der Waals surface area contributed by atoms with Crippen LogP contribution in [0.3, 0.4) is 0 Å². The number of ether oxygens (including phenoxy) is 2. The first-order valence-corrected chi connectivity index (χ1v) is 8.41. The van der Waals surface area contributed by atoms with Gasteiger partial charge in [-0.25, -0.2) is 4.79 Å². The van der Waals surface area contributed by atoms with E-state index in [0.29, 0.717) is 24.4 Å². The monoisotopic (exact) mass is 348 g/mol. The zero-order valence-corrected chi connectivity index (χ0v) is 15.4. The van der Waals surface area contributed by atoms with Crippen molar-refractivity contribution in [1.82, 2.24) is 0 Å². The molecule has 0 radical (unpaired) electrons. The van der Waals surface area contributed by atoms with E-state index in [1.807, 2.05) is 43.3 Å². The highest BCUT2D eigenvalue weighted by Crippen LogP contribution is 2.24. The summed E-state index contributed by atoms with van der Waals surface area (Å²) in [5, 5.41) is 0. The van der Waals surface area contributed by atoms with Crippen LogP contribution in [0.25, 0.3) is 11.1 Å². The summed E-state index contributed by atoms with van der Waals surface area (Å²) in [6.07, 6.45) is 0.676. The van der Waals surface area contributed by atoms with Crippen LogP contribution in [0.4, 0.5) is 0 Å². The van der Waals surface area contributed by atoms with Crippen molar-refractivity contribution in [3.63, 3.8) is 0 Å². The van der Waals surface area contributed by atoms with Crippen molar-refractivity contribution in [3.05, 3.63) is 90.7 Å². The highest BCUT2D eigenvalue weighted by molar-refractivity contribution is 5.86. The molecule has 0 atom stereocenters. The number of rotatable bonds is 8. The molecule has 26 heavy (non-hydrogen) atoms. The Hall–Kier alpha value is -3.07. The summed E-state index contributed by atoms with van der Waals surface area (Å²) in [5.41, 5.74) is 4.54. The lowest BCUT2D eigenvalue weighted by Gasteiger charge is -2.09. The summed E-state index contributed by atoms with van der Waals surface area (Å²) in [7, 11) is 0. The van der Waals surface area contributed by atoms with Gasteiger partial charge >= 0.3 is 5.97 Å². The highest BCUT2D eigenvalue weighted by Gasteiger charge is 2.04. The maximum atomic E-state index is 11.4. The third-order valence-corrected chi connectivity index (χ3v) is 3.83. The smallest absolute Gasteiger partial charge is 0.333 e. The van der Waals surface area contributed by atoms with Crippen LogP contribution in [-0.4, -0.2) is 12.6 Å². The average molecular weight is 348 g/mol. The Morgan fingerprint density at radius 2 is 1.38 bits per heavy atom. The van der Waals surface area contributed by atoms with Crippen LogP contribution >= 0.6 is 0 Å². The van der Waals surface area contributed by atoms with Crippen molar-refractivity contribution < 1.29 is 14.3 Å². The van der Waals surface area contributed by atoms with Crippen molar-refractivity contribution in [1.29, 1.82) is 0 Å². The van der Waals surface area contributed by atoms with Gasteiger partial charge in [-0.05, 0) is 48.2 Å². The van der Waals surface area contributed by atoms with E-state index in [1.165, 1.54) is 0 Å². The van der Waals surface area contributed by atoms with E-state index >= 15 is 0 Å². The Morgan fingerprint density at radius 1 is 0.846 bits per heavy atom. The Labute approximate surface area is 155 Å². The van der Waals surface area contributed by atoms with Gasteiger partial charge in [0.2, 0.25) is 0 Å². The number of hydrogen-bond donors (Lipinski definition) is 0. The molecule has 0 saturated carbocycles. The third kappa shape index (κ3) is 5.49. The fourth-order valence-corrected chi connectivity index (χ4v) is 2.19. The fraction of sp³-hybridized carbons (Fsp3) is 0.174. The minimum atomic E-state index is -0.349. The lowest BCUT2D eigenvalue weighted by atomic mass is 10.0. The van der Waals surface area contributed by atoms with E-state index < -0.39 is 0 Å². The van der Waals surface area contributed by atoms with Gasteiger partial charge in [-0.3, -0.25) is 0 Å². The van der Waals surface area contributed by atoms with Crippen LogP contribution in [-0.2, 0) is 16.0 Å². The van der Waals surface area contributed by atoms with Gasteiger partial charge in [0.15, 0.2) is 0 Å². The van der Waals surface area contributed by atoms with E-state index in [9.17, 15) is 4.79 Å². The fourth-order valence-electron chi connectivity index (χ4n) is 2.19. The second-order valence-corrected chi connectivity index (χ2v) is 6.19. The largest absolute Gasteiger partial charge is 0.462 e. The summed E-state index contributed by atoms with van der Waals surface area (Å²) in [6, 6.07) is 16.0. The van der Waals surface area contributed by atoms with Crippen LogP contribution in [0, 0.1) is 0 Å².